The van der Waals surface area contributed by atoms with Gasteiger partial charge in [-0.2, -0.15) is 0 Å². The number of anilines is 3. The van der Waals surface area contributed by atoms with Crippen LogP contribution < -0.4 is 21.3 Å². The molecule has 0 radical (unpaired) electrons. The molecular formula is C46H40N4O6S2. The van der Waals surface area contributed by atoms with Gasteiger partial charge in [0.15, 0.2) is 0 Å². The second-order valence-electron chi connectivity index (χ2n) is 13.0. The van der Waals surface area contributed by atoms with Gasteiger partial charge in [-0.05, 0) is 86.0 Å². The maximum absolute atomic E-state index is 14.3. The van der Waals surface area contributed by atoms with Gasteiger partial charge in [-0.15, -0.1) is 23.1 Å². The van der Waals surface area contributed by atoms with E-state index in [9.17, 15) is 24.0 Å². The third kappa shape index (κ3) is 10.5. The lowest BCUT2D eigenvalue weighted by Gasteiger charge is -2.18. The molecule has 0 bridgehead atoms. The van der Waals surface area contributed by atoms with Gasteiger partial charge in [0, 0.05) is 21.8 Å². The number of carbonyl (C=O) groups is 5. The van der Waals surface area contributed by atoms with Crippen molar-refractivity contribution >= 4 is 75.1 Å². The molecule has 0 aliphatic carbocycles. The third-order valence-corrected chi connectivity index (χ3v) is 11.1. The first-order valence-electron chi connectivity index (χ1n) is 18.3. The van der Waals surface area contributed by atoms with E-state index in [0.717, 1.165) is 22.5 Å². The topological polar surface area (TPSA) is 143 Å². The monoisotopic (exact) mass is 808 g/mol. The van der Waals surface area contributed by atoms with Crippen LogP contribution in [0.15, 0.2) is 150 Å². The summed E-state index contributed by atoms with van der Waals surface area (Å²) in [7, 11) is 0. The van der Waals surface area contributed by atoms with E-state index < -0.39 is 34.8 Å². The van der Waals surface area contributed by atoms with E-state index in [4.69, 9.17) is 4.74 Å². The van der Waals surface area contributed by atoms with Crippen LogP contribution in [-0.2, 0) is 14.3 Å². The van der Waals surface area contributed by atoms with Crippen LogP contribution in [0.5, 0.6) is 0 Å². The second kappa shape index (κ2) is 19.4. The highest BCUT2D eigenvalue weighted by Gasteiger charge is 2.30. The molecule has 0 aliphatic heterocycles. The standard InChI is InChI=1S/C46H40N4O6S2/c1-4-56-46(55)38-30(3)39(43(53)47-34-22-12-7-13-23-34)58-45(38)50-44(54)40(32-18-8-5-9-19-32)57-36-25-15-24-35(28-36)48-42(52)37(27-31-17-14-16-29(2)26-31)49-41(51)33-20-10-6-11-21-33/h5-28,40H,4H2,1-3H3,(H,47,53)(H,48,52)(H,49,51)(H,50,54)/b37-27+. The predicted octanol–water partition coefficient (Wildman–Crippen LogP) is 9.68. The number of aryl methyl sites for hydroxylation is 1. The van der Waals surface area contributed by atoms with E-state index in [2.05, 4.69) is 21.3 Å². The minimum atomic E-state index is -0.826. The summed E-state index contributed by atoms with van der Waals surface area (Å²) in [5.41, 5.74) is 4.34. The van der Waals surface area contributed by atoms with Crippen LogP contribution >= 0.6 is 23.1 Å². The summed E-state index contributed by atoms with van der Waals surface area (Å²) in [5, 5.41) is 10.8. The number of ether oxygens (including phenoxy) is 1. The highest BCUT2D eigenvalue weighted by Crippen LogP contribution is 2.40. The van der Waals surface area contributed by atoms with Crippen molar-refractivity contribution in [3.8, 4) is 0 Å². The zero-order valence-electron chi connectivity index (χ0n) is 31.9. The first-order chi connectivity index (χ1) is 28.1. The summed E-state index contributed by atoms with van der Waals surface area (Å²) in [5.74, 6) is -2.51. The maximum atomic E-state index is 14.3. The molecule has 5 aromatic carbocycles. The highest BCUT2D eigenvalue weighted by molar-refractivity contribution is 8.00. The fourth-order valence-corrected chi connectivity index (χ4v) is 8.08. The van der Waals surface area contributed by atoms with Crippen LogP contribution in [-0.4, -0.2) is 36.2 Å². The van der Waals surface area contributed by atoms with Crippen LogP contribution in [0.1, 0.15) is 64.8 Å². The van der Waals surface area contributed by atoms with E-state index in [1.54, 1.807) is 92.7 Å². The zero-order valence-corrected chi connectivity index (χ0v) is 33.5. The van der Waals surface area contributed by atoms with Crippen LogP contribution in [0.4, 0.5) is 16.4 Å². The lowest BCUT2D eigenvalue weighted by molar-refractivity contribution is -0.116. The molecule has 0 fully saturated rings. The van der Waals surface area contributed by atoms with Gasteiger partial charge >= 0.3 is 5.97 Å². The third-order valence-electron chi connectivity index (χ3n) is 8.67. The van der Waals surface area contributed by atoms with E-state index in [1.807, 2.05) is 73.7 Å². The fourth-order valence-electron chi connectivity index (χ4n) is 5.91. The molecule has 1 heterocycles. The van der Waals surface area contributed by atoms with Crippen LogP contribution in [0, 0.1) is 13.8 Å². The number of hydrogen-bond donors (Lipinski definition) is 4. The number of carbonyl (C=O) groups excluding carboxylic acids is 5. The number of rotatable bonds is 14. The second-order valence-corrected chi connectivity index (χ2v) is 15.2. The molecule has 6 aromatic rings. The minimum absolute atomic E-state index is 0.0412. The zero-order chi connectivity index (χ0) is 41.0. The Morgan fingerprint density at radius 3 is 2.05 bits per heavy atom. The number of thioether (sulfide) groups is 1. The molecule has 0 saturated heterocycles. The lowest BCUT2D eigenvalue weighted by Crippen LogP contribution is -2.30. The number of para-hydroxylation sites is 1. The van der Waals surface area contributed by atoms with Gasteiger partial charge in [-0.1, -0.05) is 103 Å². The van der Waals surface area contributed by atoms with E-state index in [0.29, 0.717) is 33.0 Å². The first-order valence-corrected chi connectivity index (χ1v) is 20.0. The maximum Gasteiger partial charge on any atom is 0.341 e. The molecule has 10 nitrogen and oxygen atoms in total. The number of hydrogen-bond acceptors (Lipinski definition) is 8. The van der Waals surface area contributed by atoms with Crippen molar-refractivity contribution in [2.24, 2.45) is 0 Å². The van der Waals surface area contributed by atoms with Gasteiger partial charge in [0.1, 0.15) is 15.9 Å². The number of benzene rings is 5. The molecular weight excluding hydrogens is 769 g/mol. The average molecular weight is 809 g/mol. The molecule has 6 rings (SSSR count). The minimum Gasteiger partial charge on any atom is -0.462 e. The molecule has 4 N–H and O–H groups in total. The fraction of sp³-hybridized carbons (Fsp3) is 0.109. The summed E-state index contributed by atoms with van der Waals surface area (Å²) in [4.78, 5) is 68.9. The van der Waals surface area contributed by atoms with Crippen LogP contribution in [0.2, 0.25) is 0 Å². The number of thiophene rings is 1. The van der Waals surface area contributed by atoms with Gasteiger partial charge in [0.05, 0.1) is 17.0 Å². The molecule has 1 atom stereocenters. The average Bonchev–Trinajstić information content (AvgIpc) is 3.56. The molecule has 4 amide bonds. The Kier molecular flexibility index (Phi) is 13.7. The molecule has 0 saturated carbocycles. The lowest BCUT2D eigenvalue weighted by atomic mass is 10.1. The Labute approximate surface area is 344 Å². The van der Waals surface area contributed by atoms with Crippen molar-refractivity contribution in [1.29, 1.82) is 0 Å². The smallest absolute Gasteiger partial charge is 0.341 e. The summed E-state index contributed by atoms with van der Waals surface area (Å²) in [6.45, 7) is 5.37. The SMILES string of the molecule is CCOC(=O)c1c(NC(=O)C(Sc2cccc(NC(=O)/C(=C\c3cccc(C)c3)NC(=O)c3ccccc3)c2)c2ccccc2)sc(C(=O)Nc2ccccc2)c1C. The van der Waals surface area contributed by atoms with Gasteiger partial charge in [0.25, 0.3) is 17.7 Å². The molecule has 292 valence electrons. The summed E-state index contributed by atoms with van der Waals surface area (Å²) < 4.78 is 5.34. The molecule has 1 aromatic heterocycles. The Balaban J connectivity index is 1.26. The van der Waals surface area contributed by atoms with Crippen LogP contribution in [0.25, 0.3) is 6.08 Å². The van der Waals surface area contributed by atoms with Gasteiger partial charge in [-0.25, -0.2) is 4.79 Å². The van der Waals surface area contributed by atoms with Crippen LogP contribution in [0.3, 0.4) is 0 Å². The number of esters is 1. The molecule has 0 spiro atoms. The van der Waals surface area contributed by atoms with Crippen molar-refractivity contribution in [1.82, 2.24) is 5.32 Å². The molecule has 0 aliphatic rings. The highest BCUT2D eigenvalue weighted by atomic mass is 32.2. The summed E-state index contributed by atoms with van der Waals surface area (Å²) >= 11 is 2.23. The number of nitrogens with one attached hydrogen (secondary N) is 4. The Morgan fingerprint density at radius 1 is 0.707 bits per heavy atom. The molecule has 1 unspecified atom stereocenters. The molecule has 12 heteroatoms. The van der Waals surface area contributed by atoms with Gasteiger partial charge in [-0.3, -0.25) is 19.2 Å². The predicted molar refractivity (Wildman–Crippen MR) is 231 cm³/mol. The van der Waals surface area contributed by atoms with E-state index in [1.165, 1.54) is 11.8 Å². The van der Waals surface area contributed by atoms with E-state index >= 15 is 0 Å². The summed E-state index contributed by atoms with van der Waals surface area (Å²) in [6, 6.07) is 41.3. The Hall–Kier alpha value is -6.76. The first kappa shape index (κ1) is 40.9. The Bertz CT molecular complexity index is 2470. The largest absolute Gasteiger partial charge is 0.462 e. The summed E-state index contributed by atoms with van der Waals surface area (Å²) in [6.07, 6.45) is 1.62. The van der Waals surface area contributed by atoms with Gasteiger partial charge in [0.2, 0.25) is 5.91 Å². The number of amides is 4. The van der Waals surface area contributed by atoms with Crippen molar-refractivity contribution in [2.75, 3.05) is 22.6 Å². The van der Waals surface area contributed by atoms with Crippen molar-refractivity contribution in [2.45, 2.75) is 30.9 Å². The normalized spacial score (nSPS) is 11.5. The van der Waals surface area contributed by atoms with E-state index in [-0.39, 0.29) is 27.7 Å². The molecule has 58 heavy (non-hydrogen) atoms. The van der Waals surface area contributed by atoms with Crippen molar-refractivity contribution in [3.63, 3.8) is 0 Å². The van der Waals surface area contributed by atoms with Gasteiger partial charge < -0.3 is 26.0 Å². The Morgan fingerprint density at radius 2 is 1.36 bits per heavy atom. The van der Waals surface area contributed by atoms with Crippen molar-refractivity contribution < 1.29 is 28.7 Å². The quantitative estimate of drug-likeness (QED) is 0.0488. The van der Waals surface area contributed by atoms with Crippen molar-refractivity contribution in [3.05, 3.63) is 183 Å².